The number of fused-ring (bicyclic) bond motifs is 2. The Hall–Kier alpha value is -0.460. The molecule has 2 saturated carbocycles. The van der Waals surface area contributed by atoms with Gasteiger partial charge in [0.2, 0.25) is 10.0 Å². The molecule has 2 aliphatic rings. The van der Waals surface area contributed by atoms with Crippen LogP contribution >= 0.6 is 0 Å². The maximum Gasteiger partial charge on any atom is 0.212 e. The van der Waals surface area contributed by atoms with Gasteiger partial charge in [0.05, 0.1) is 5.75 Å². The van der Waals surface area contributed by atoms with Gasteiger partial charge in [-0.1, -0.05) is 27.2 Å². The Bertz CT molecular complexity index is 529. The van der Waals surface area contributed by atoms with Gasteiger partial charge in [0.1, 0.15) is 5.78 Å². The van der Waals surface area contributed by atoms with E-state index >= 15 is 0 Å². The Morgan fingerprint density at radius 1 is 1.26 bits per heavy atom. The molecule has 0 unspecified atom stereocenters. The van der Waals surface area contributed by atoms with Crippen LogP contribution in [0.15, 0.2) is 0 Å². The Morgan fingerprint density at radius 2 is 1.96 bits per heavy atom. The van der Waals surface area contributed by atoms with Gasteiger partial charge in [0.25, 0.3) is 0 Å². The molecule has 0 aliphatic heterocycles. The number of unbranched alkanes of at least 4 members (excludes halogenated alkanes) is 1. The van der Waals surface area contributed by atoms with E-state index in [4.69, 9.17) is 4.74 Å². The van der Waals surface area contributed by atoms with Crippen molar-refractivity contribution in [3.63, 3.8) is 0 Å². The smallest absolute Gasteiger partial charge is 0.212 e. The number of ether oxygens (including phenoxy) is 1. The van der Waals surface area contributed by atoms with Crippen LogP contribution in [0.4, 0.5) is 0 Å². The van der Waals surface area contributed by atoms with Crippen molar-refractivity contribution >= 4 is 15.8 Å². The Balaban J connectivity index is 1.83. The molecule has 23 heavy (non-hydrogen) atoms. The summed E-state index contributed by atoms with van der Waals surface area (Å²) >= 11 is 0. The first-order valence-electron chi connectivity index (χ1n) is 8.83. The number of hydrogen-bond donors (Lipinski definition) is 1. The van der Waals surface area contributed by atoms with Crippen molar-refractivity contribution in [3.05, 3.63) is 0 Å². The first-order valence-corrected chi connectivity index (χ1v) is 10.5. The molecule has 2 atom stereocenters. The predicted molar refractivity (Wildman–Crippen MR) is 90.7 cm³/mol. The summed E-state index contributed by atoms with van der Waals surface area (Å²) < 4.78 is 33.0. The van der Waals surface area contributed by atoms with Crippen molar-refractivity contribution < 1.29 is 17.9 Å². The molecule has 1 N–H and O–H groups in total. The fourth-order valence-electron chi connectivity index (χ4n) is 4.23. The minimum Gasteiger partial charge on any atom is -0.381 e. The van der Waals surface area contributed by atoms with E-state index in [1.165, 1.54) is 0 Å². The molecule has 0 saturated heterocycles. The molecule has 5 nitrogen and oxygen atoms in total. The topological polar surface area (TPSA) is 72.5 Å². The van der Waals surface area contributed by atoms with Gasteiger partial charge in [-0.05, 0) is 37.0 Å². The zero-order chi connectivity index (χ0) is 17.1. The van der Waals surface area contributed by atoms with Gasteiger partial charge in [-0.25, -0.2) is 13.1 Å². The highest BCUT2D eigenvalue weighted by Gasteiger charge is 2.65. The SMILES string of the molecule is CCCCOCCCNS(=O)(=O)C[C@@]12CC[C@H](CC1=O)C2(C)C. The fourth-order valence-corrected chi connectivity index (χ4v) is 6.12. The van der Waals surface area contributed by atoms with E-state index in [2.05, 4.69) is 25.5 Å². The van der Waals surface area contributed by atoms with Crippen LogP contribution in [0, 0.1) is 16.7 Å². The van der Waals surface area contributed by atoms with Crippen LogP contribution in [-0.2, 0) is 19.6 Å². The second-order valence-electron chi connectivity index (χ2n) is 7.64. The molecule has 0 amide bonds. The largest absolute Gasteiger partial charge is 0.381 e. The van der Waals surface area contributed by atoms with Crippen molar-refractivity contribution in [1.29, 1.82) is 0 Å². The number of nitrogens with one attached hydrogen (secondary N) is 1. The Kier molecular flexibility index (Phi) is 5.90. The number of carbonyl (C=O) groups is 1. The quantitative estimate of drug-likeness (QED) is 0.618. The van der Waals surface area contributed by atoms with E-state index in [0.29, 0.717) is 38.3 Å². The number of Topliss-reactive ketones (excluding diaryl/α,β-unsaturated/α-hetero) is 1. The van der Waals surface area contributed by atoms with Gasteiger partial charge in [0.15, 0.2) is 0 Å². The van der Waals surface area contributed by atoms with Gasteiger partial charge >= 0.3 is 0 Å². The minimum atomic E-state index is -3.44. The molecule has 2 rings (SSSR count). The zero-order valence-electron chi connectivity index (χ0n) is 14.7. The monoisotopic (exact) mass is 345 g/mol. The van der Waals surface area contributed by atoms with E-state index in [1.54, 1.807) is 0 Å². The van der Waals surface area contributed by atoms with Crippen LogP contribution in [-0.4, -0.2) is 39.7 Å². The van der Waals surface area contributed by atoms with Gasteiger partial charge in [-0.15, -0.1) is 0 Å². The number of carbonyl (C=O) groups excluding carboxylic acids is 1. The van der Waals surface area contributed by atoms with Gasteiger partial charge in [0, 0.05) is 31.6 Å². The Labute approximate surface area is 140 Å². The normalized spacial score (nSPS) is 29.3. The van der Waals surface area contributed by atoms with Crippen molar-refractivity contribution in [2.75, 3.05) is 25.5 Å². The summed E-state index contributed by atoms with van der Waals surface area (Å²) in [4.78, 5) is 12.4. The summed E-state index contributed by atoms with van der Waals surface area (Å²) in [5.41, 5.74) is -0.886. The van der Waals surface area contributed by atoms with Crippen LogP contribution in [0.25, 0.3) is 0 Å². The lowest BCUT2D eigenvalue weighted by Gasteiger charge is -2.36. The highest BCUT2D eigenvalue weighted by molar-refractivity contribution is 7.89. The van der Waals surface area contributed by atoms with Crippen molar-refractivity contribution in [3.8, 4) is 0 Å². The molecule has 0 spiro atoms. The van der Waals surface area contributed by atoms with Gasteiger partial charge < -0.3 is 4.74 Å². The summed E-state index contributed by atoms with van der Waals surface area (Å²) in [6.07, 6.45) is 5.03. The van der Waals surface area contributed by atoms with Crippen molar-refractivity contribution in [1.82, 2.24) is 4.72 Å². The van der Waals surface area contributed by atoms with E-state index in [9.17, 15) is 13.2 Å². The molecule has 134 valence electrons. The molecular formula is C17H31NO4S. The molecule has 0 aromatic rings. The first kappa shape index (κ1) is 18.9. The van der Waals surface area contributed by atoms with E-state index in [0.717, 1.165) is 25.9 Å². The summed E-state index contributed by atoms with van der Waals surface area (Å²) in [5, 5.41) is 0. The molecule has 0 aromatic heterocycles. The van der Waals surface area contributed by atoms with Crippen LogP contribution in [0.3, 0.4) is 0 Å². The average Bonchev–Trinajstić information content (AvgIpc) is 2.80. The highest BCUT2D eigenvalue weighted by atomic mass is 32.2. The summed E-state index contributed by atoms with van der Waals surface area (Å²) in [7, 11) is -3.44. The number of rotatable bonds is 10. The van der Waals surface area contributed by atoms with Crippen molar-refractivity contribution in [2.45, 2.75) is 59.3 Å². The van der Waals surface area contributed by atoms with Gasteiger partial charge in [-0.2, -0.15) is 0 Å². The molecule has 0 heterocycles. The third-order valence-corrected chi connectivity index (χ3v) is 7.52. The van der Waals surface area contributed by atoms with E-state index in [-0.39, 0.29) is 17.0 Å². The fraction of sp³-hybridized carbons (Fsp3) is 0.941. The third-order valence-electron chi connectivity index (χ3n) is 6.01. The standard InChI is InChI=1S/C17H31NO4S/c1-4-5-10-22-11-6-9-18-23(20,21)13-17-8-7-14(12-15(17)19)16(17,2)3/h14,18H,4-13H2,1-3H3/t14-,17+/m1/s1. The molecular weight excluding hydrogens is 314 g/mol. The van der Waals surface area contributed by atoms with Crippen LogP contribution in [0.1, 0.15) is 59.3 Å². The van der Waals surface area contributed by atoms with Gasteiger partial charge in [-0.3, -0.25) is 4.79 Å². The van der Waals surface area contributed by atoms with Crippen LogP contribution in [0.2, 0.25) is 0 Å². The van der Waals surface area contributed by atoms with Crippen LogP contribution in [0.5, 0.6) is 0 Å². The third kappa shape index (κ3) is 3.80. The molecule has 0 aromatic carbocycles. The van der Waals surface area contributed by atoms with Crippen LogP contribution < -0.4 is 4.72 Å². The maximum absolute atomic E-state index is 12.4. The summed E-state index contributed by atoms with van der Waals surface area (Å²) in [6.45, 7) is 7.91. The summed E-state index contributed by atoms with van der Waals surface area (Å²) in [5.74, 6) is 0.433. The predicted octanol–water partition coefficient (Wildman–Crippen LogP) is 2.51. The van der Waals surface area contributed by atoms with E-state index in [1.807, 2.05) is 0 Å². The first-order chi connectivity index (χ1) is 10.8. The second-order valence-corrected chi connectivity index (χ2v) is 9.45. The number of sulfonamides is 1. The second kappa shape index (κ2) is 7.19. The Morgan fingerprint density at radius 3 is 2.52 bits per heavy atom. The lowest BCUT2D eigenvalue weighted by Crippen LogP contribution is -2.45. The number of ketones is 1. The minimum absolute atomic E-state index is 0.0565. The molecule has 2 aliphatic carbocycles. The molecule has 2 bridgehead atoms. The molecule has 6 heteroatoms. The zero-order valence-corrected chi connectivity index (χ0v) is 15.5. The molecule has 0 radical (unpaired) electrons. The lowest BCUT2D eigenvalue weighted by atomic mass is 9.70. The van der Waals surface area contributed by atoms with E-state index < -0.39 is 15.4 Å². The number of hydrogen-bond acceptors (Lipinski definition) is 4. The maximum atomic E-state index is 12.4. The molecule has 2 fully saturated rings. The lowest BCUT2D eigenvalue weighted by molar-refractivity contribution is -0.128. The average molecular weight is 346 g/mol. The summed E-state index contributed by atoms with van der Waals surface area (Å²) in [6, 6.07) is 0. The highest BCUT2D eigenvalue weighted by Crippen LogP contribution is 2.64. The van der Waals surface area contributed by atoms with Crippen molar-refractivity contribution in [2.24, 2.45) is 16.7 Å².